The lowest BCUT2D eigenvalue weighted by atomic mass is 10.2. The van der Waals surface area contributed by atoms with E-state index >= 15 is 0 Å². The predicted octanol–water partition coefficient (Wildman–Crippen LogP) is 3.15. The van der Waals surface area contributed by atoms with Gasteiger partial charge < -0.3 is 5.32 Å². The molecule has 6 heteroatoms. The van der Waals surface area contributed by atoms with Crippen LogP contribution in [0.5, 0.6) is 0 Å². The number of aryl methyl sites for hydroxylation is 2. The highest BCUT2D eigenvalue weighted by Crippen LogP contribution is 2.23. The predicted molar refractivity (Wildman–Crippen MR) is 72.2 cm³/mol. The summed E-state index contributed by atoms with van der Waals surface area (Å²) < 4.78 is 2.66. The third-order valence-corrected chi connectivity index (χ3v) is 3.18. The van der Waals surface area contributed by atoms with E-state index in [0.29, 0.717) is 11.6 Å². The fourth-order valence-electron chi connectivity index (χ4n) is 1.55. The normalized spacial score (nSPS) is 10.6. The van der Waals surface area contributed by atoms with E-state index in [-0.39, 0.29) is 0 Å². The molecule has 0 aliphatic heterocycles. The molecule has 0 radical (unpaired) electrons. The largest absolute Gasteiger partial charge is 0.365 e. The van der Waals surface area contributed by atoms with Crippen LogP contribution in [0.4, 0.5) is 5.82 Å². The van der Waals surface area contributed by atoms with Gasteiger partial charge in [-0.05, 0) is 28.9 Å². The van der Waals surface area contributed by atoms with E-state index in [0.717, 1.165) is 21.5 Å². The molecule has 0 unspecified atom stereocenters. The van der Waals surface area contributed by atoms with Gasteiger partial charge in [0.2, 0.25) is 0 Å². The van der Waals surface area contributed by atoms with Crippen LogP contribution in [0.2, 0.25) is 5.02 Å². The number of pyridine rings is 1. The van der Waals surface area contributed by atoms with Gasteiger partial charge in [0.25, 0.3) is 0 Å². The quantitative estimate of drug-likeness (QED) is 0.946. The van der Waals surface area contributed by atoms with Gasteiger partial charge in [-0.25, -0.2) is 4.98 Å². The Morgan fingerprint density at radius 3 is 2.88 bits per heavy atom. The van der Waals surface area contributed by atoms with Crippen LogP contribution in [0, 0.1) is 6.92 Å². The Balaban J connectivity index is 2.10. The summed E-state index contributed by atoms with van der Waals surface area (Å²) in [6, 6.07) is 1.81. The second-order valence-corrected chi connectivity index (χ2v) is 5.04. The molecule has 90 valence electrons. The van der Waals surface area contributed by atoms with Crippen LogP contribution in [-0.2, 0) is 13.6 Å². The molecule has 2 aromatic heterocycles. The van der Waals surface area contributed by atoms with E-state index in [1.54, 1.807) is 10.9 Å². The Bertz CT molecular complexity index is 538. The molecule has 2 rings (SSSR count). The van der Waals surface area contributed by atoms with Crippen molar-refractivity contribution in [3.63, 3.8) is 0 Å². The van der Waals surface area contributed by atoms with Crippen LogP contribution < -0.4 is 5.32 Å². The van der Waals surface area contributed by atoms with Crippen molar-refractivity contribution in [2.45, 2.75) is 13.5 Å². The number of halogens is 2. The monoisotopic (exact) mass is 314 g/mol. The zero-order chi connectivity index (χ0) is 12.4. The van der Waals surface area contributed by atoms with E-state index in [9.17, 15) is 0 Å². The summed E-state index contributed by atoms with van der Waals surface area (Å²) in [6.07, 6.45) is 3.61. The number of aromatic nitrogens is 3. The molecule has 0 fully saturated rings. The molecular formula is C11H12BrClN4. The Labute approximate surface area is 113 Å². The highest BCUT2D eigenvalue weighted by Gasteiger charge is 2.05. The number of hydrogen-bond acceptors (Lipinski definition) is 3. The molecule has 0 aliphatic rings. The molecular weight excluding hydrogens is 304 g/mol. The minimum atomic E-state index is 0.611. The smallest absolute Gasteiger partial charge is 0.140 e. The van der Waals surface area contributed by atoms with Crippen LogP contribution in [0.3, 0.4) is 0 Å². The van der Waals surface area contributed by atoms with E-state index in [2.05, 4.69) is 31.3 Å². The lowest BCUT2D eigenvalue weighted by Crippen LogP contribution is -2.02. The molecule has 0 atom stereocenters. The van der Waals surface area contributed by atoms with Crippen LogP contribution in [0.25, 0.3) is 0 Å². The van der Waals surface area contributed by atoms with Crippen LogP contribution in [0.15, 0.2) is 22.9 Å². The Hall–Kier alpha value is -1.07. The Morgan fingerprint density at radius 2 is 2.29 bits per heavy atom. The molecule has 2 heterocycles. The van der Waals surface area contributed by atoms with Gasteiger partial charge in [-0.3, -0.25) is 4.68 Å². The second kappa shape index (κ2) is 5.06. The SMILES string of the molecule is Cc1nn(C)cc1CNc1ncc(Cl)cc1Br. The molecule has 1 N–H and O–H groups in total. The number of rotatable bonds is 3. The average molecular weight is 316 g/mol. The first-order valence-electron chi connectivity index (χ1n) is 5.10. The summed E-state index contributed by atoms with van der Waals surface area (Å²) in [5.74, 6) is 0.776. The van der Waals surface area contributed by atoms with Gasteiger partial charge in [0.05, 0.1) is 15.2 Å². The van der Waals surface area contributed by atoms with E-state index < -0.39 is 0 Å². The minimum absolute atomic E-state index is 0.611. The van der Waals surface area contributed by atoms with Gasteiger partial charge in [-0.1, -0.05) is 11.6 Å². The lowest BCUT2D eigenvalue weighted by molar-refractivity contribution is 0.756. The zero-order valence-electron chi connectivity index (χ0n) is 9.54. The number of nitrogens with zero attached hydrogens (tertiary/aromatic N) is 3. The molecule has 0 saturated carbocycles. The van der Waals surface area contributed by atoms with Crippen molar-refractivity contribution in [2.75, 3.05) is 5.32 Å². The summed E-state index contributed by atoms with van der Waals surface area (Å²) in [6.45, 7) is 2.67. The molecule has 0 saturated heterocycles. The molecule has 0 aliphatic carbocycles. The fourth-order valence-corrected chi connectivity index (χ4v) is 2.32. The standard InChI is InChI=1S/C11H12BrClN4/c1-7-8(6-17(2)16-7)4-14-11-10(12)3-9(13)5-15-11/h3,5-6H,4H2,1-2H3,(H,14,15). The highest BCUT2D eigenvalue weighted by atomic mass is 79.9. The maximum atomic E-state index is 5.83. The average Bonchev–Trinajstić information content (AvgIpc) is 2.56. The summed E-state index contributed by atoms with van der Waals surface area (Å²) in [7, 11) is 1.91. The molecule has 4 nitrogen and oxygen atoms in total. The van der Waals surface area contributed by atoms with Crippen molar-refractivity contribution in [1.82, 2.24) is 14.8 Å². The maximum absolute atomic E-state index is 5.83. The summed E-state index contributed by atoms with van der Waals surface area (Å²) in [4.78, 5) is 4.21. The van der Waals surface area contributed by atoms with Gasteiger partial charge in [0, 0.05) is 31.5 Å². The van der Waals surface area contributed by atoms with E-state index in [1.165, 1.54) is 0 Å². The highest BCUT2D eigenvalue weighted by molar-refractivity contribution is 9.10. The topological polar surface area (TPSA) is 42.7 Å². The third kappa shape index (κ3) is 2.98. The minimum Gasteiger partial charge on any atom is -0.365 e. The van der Waals surface area contributed by atoms with Gasteiger partial charge in [-0.2, -0.15) is 5.10 Å². The second-order valence-electron chi connectivity index (χ2n) is 3.75. The number of nitrogens with one attached hydrogen (secondary N) is 1. The number of hydrogen-bond donors (Lipinski definition) is 1. The van der Waals surface area contributed by atoms with Gasteiger partial charge in [0.15, 0.2) is 0 Å². The molecule has 0 bridgehead atoms. The first kappa shape index (κ1) is 12.4. The van der Waals surface area contributed by atoms with E-state index in [4.69, 9.17) is 11.6 Å². The molecule has 0 aromatic carbocycles. The molecule has 0 spiro atoms. The number of anilines is 1. The van der Waals surface area contributed by atoms with Crippen LogP contribution >= 0.6 is 27.5 Å². The van der Waals surface area contributed by atoms with Gasteiger partial charge >= 0.3 is 0 Å². The Kier molecular flexibility index (Phi) is 3.69. The third-order valence-electron chi connectivity index (χ3n) is 2.37. The van der Waals surface area contributed by atoms with Crippen LogP contribution in [0.1, 0.15) is 11.3 Å². The van der Waals surface area contributed by atoms with Crippen molar-refractivity contribution in [1.29, 1.82) is 0 Å². The van der Waals surface area contributed by atoms with E-state index in [1.807, 2.05) is 26.2 Å². The molecule has 0 amide bonds. The van der Waals surface area contributed by atoms with Crippen molar-refractivity contribution < 1.29 is 0 Å². The van der Waals surface area contributed by atoms with Crippen molar-refractivity contribution >= 4 is 33.3 Å². The Morgan fingerprint density at radius 1 is 1.53 bits per heavy atom. The lowest BCUT2D eigenvalue weighted by Gasteiger charge is -2.06. The first-order valence-corrected chi connectivity index (χ1v) is 6.27. The van der Waals surface area contributed by atoms with Crippen molar-refractivity contribution in [2.24, 2.45) is 7.05 Å². The summed E-state index contributed by atoms with van der Waals surface area (Å²) in [5, 5.41) is 8.14. The van der Waals surface area contributed by atoms with Gasteiger partial charge in [0.1, 0.15) is 5.82 Å². The van der Waals surface area contributed by atoms with Crippen molar-refractivity contribution in [3.8, 4) is 0 Å². The summed E-state index contributed by atoms with van der Waals surface area (Å²) >= 11 is 9.24. The van der Waals surface area contributed by atoms with Crippen molar-refractivity contribution in [3.05, 3.63) is 39.2 Å². The van der Waals surface area contributed by atoms with Crippen LogP contribution in [-0.4, -0.2) is 14.8 Å². The zero-order valence-corrected chi connectivity index (χ0v) is 11.9. The molecule has 17 heavy (non-hydrogen) atoms. The molecule has 2 aromatic rings. The maximum Gasteiger partial charge on any atom is 0.140 e. The van der Waals surface area contributed by atoms with Gasteiger partial charge in [-0.15, -0.1) is 0 Å². The fraction of sp³-hybridized carbons (Fsp3) is 0.273. The summed E-state index contributed by atoms with van der Waals surface area (Å²) in [5.41, 5.74) is 2.17. The first-order chi connectivity index (χ1) is 8.06.